The van der Waals surface area contributed by atoms with Gasteiger partial charge in [0.2, 0.25) is 5.12 Å². The summed E-state index contributed by atoms with van der Waals surface area (Å²) in [6.07, 6.45) is 1.36. The maximum absolute atomic E-state index is 17.3. The van der Waals surface area contributed by atoms with Crippen LogP contribution in [0.4, 0.5) is 13.2 Å². The summed E-state index contributed by atoms with van der Waals surface area (Å²) in [6, 6.07) is -1.04. The molecule has 3 saturated carbocycles. The molecule has 8 atom stereocenters. The number of halogens is 3. The van der Waals surface area contributed by atoms with Gasteiger partial charge in [0.25, 0.3) is 0 Å². The van der Waals surface area contributed by atoms with Crippen LogP contribution >= 0.6 is 23.5 Å². The van der Waals surface area contributed by atoms with Gasteiger partial charge in [-0.3, -0.25) is 9.59 Å². The van der Waals surface area contributed by atoms with Crippen LogP contribution in [0.3, 0.4) is 0 Å². The Labute approximate surface area is 220 Å². The lowest BCUT2D eigenvalue weighted by molar-refractivity contribution is -0.184. The number of alkyl halides is 3. The van der Waals surface area contributed by atoms with Crippen molar-refractivity contribution < 1.29 is 37.4 Å². The lowest BCUT2D eigenvalue weighted by Gasteiger charge is -2.61. The van der Waals surface area contributed by atoms with Gasteiger partial charge in [-0.1, -0.05) is 13.8 Å². The van der Waals surface area contributed by atoms with E-state index in [4.69, 9.17) is 4.74 Å². The monoisotopic (exact) mass is 556 g/mol. The van der Waals surface area contributed by atoms with E-state index < -0.39 is 74.7 Å². The van der Waals surface area contributed by atoms with E-state index in [9.17, 15) is 23.9 Å². The van der Waals surface area contributed by atoms with E-state index in [2.05, 4.69) is 8.75 Å². The first-order valence-corrected chi connectivity index (χ1v) is 13.8. The summed E-state index contributed by atoms with van der Waals surface area (Å²) in [5.74, 6) is -4.22. The predicted molar refractivity (Wildman–Crippen MR) is 130 cm³/mol. The van der Waals surface area contributed by atoms with Crippen molar-refractivity contribution in [1.82, 2.24) is 8.75 Å². The van der Waals surface area contributed by atoms with Crippen molar-refractivity contribution in [3.63, 3.8) is 0 Å². The highest BCUT2D eigenvalue weighted by molar-refractivity contribution is 8.13. The van der Waals surface area contributed by atoms with Gasteiger partial charge in [0.05, 0.1) is 23.3 Å². The van der Waals surface area contributed by atoms with Crippen LogP contribution in [0, 0.1) is 28.6 Å². The SMILES string of the molecule is C[C@@H]1C[C@H]2[C@@H]3C[C@H](F)C4=CC(=O)C=C(O)[C@]4(C)[C@@]3(F)CC[C@]2(C)[C@@]1(OC(=O)c1cnsn1)C(=O)SCF. The summed E-state index contributed by atoms with van der Waals surface area (Å²) in [4.78, 5) is 38.7. The topological polar surface area (TPSA) is 106 Å². The molecule has 3 fully saturated rings. The number of esters is 1. The molecule has 12 heteroatoms. The number of aliphatic hydroxyl groups excluding tert-OH is 1. The van der Waals surface area contributed by atoms with Crippen molar-refractivity contribution >= 4 is 40.4 Å². The minimum absolute atomic E-state index is 0.0528. The average Bonchev–Trinajstić information content (AvgIpc) is 3.45. The fourth-order valence-electron chi connectivity index (χ4n) is 7.82. The van der Waals surface area contributed by atoms with Crippen LogP contribution in [0.2, 0.25) is 0 Å². The normalized spacial score (nSPS) is 42.7. The summed E-state index contributed by atoms with van der Waals surface area (Å²) in [5, 5.41) is 10.1. The Morgan fingerprint density at radius 2 is 1.97 bits per heavy atom. The molecule has 4 aliphatic carbocycles. The van der Waals surface area contributed by atoms with Crippen molar-refractivity contribution in [2.24, 2.45) is 28.6 Å². The molecule has 0 saturated heterocycles. The third-order valence-electron chi connectivity index (χ3n) is 9.66. The third-order valence-corrected chi connectivity index (χ3v) is 10.8. The van der Waals surface area contributed by atoms with Gasteiger partial charge in [-0.15, -0.1) is 0 Å². The Kier molecular flexibility index (Phi) is 6.18. The van der Waals surface area contributed by atoms with Gasteiger partial charge in [0.1, 0.15) is 23.6 Å². The van der Waals surface area contributed by atoms with E-state index in [0.717, 1.165) is 23.9 Å². The molecule has 4 aliphatic rings. The number of thioether (sulfide) groups is 1. The molecule has 0 bridgehead atoms. The molecule has 1 heterocycles. The van der Waals surface area contributed by atoms with Gasteiger partial charge in [-0.2, -0.15) is 8.75 Å². The molecular formula is C25H27F3N2O5S2. The molecule has 0 unspecified atom stereocenters. The van der Waals surface area contributed by atoms with Crippen LogP contribution in [-0.4, -0.2) is 54.2 Å². The van der Waals surface area contributed by atoms with E-state index in [1.54, 1.807) is 13.8 Å². The van der Waals surface area contributed by atoms with Crippen molar-refractivity contribution in [1.29, 1.82) is 0 Å². The zero-order chi connectivity index (χ0) is 27.0. The van der Waals surface area contributed by atoms with Crippen molar-refractivity contribution in [2.45, 2.75) is 63.9 Å². The van der Waals surface area contributed by atoms with Gasteiger partial charge >= 0.3 is 5.97 Å². The number of rotatable bonds is 4. The van der Waals surface area contributed by atoms with Crippen LogP contribution in [0.15, 0.2) is 29.7 Å². The number of hydrogen-bond acceptors (Lipinski definition) is 9. The molecule has 1 aromatic heterocycles. The number of aromatic nitrogens is 2. The fourth-order valence-corrected chi connectivity index (χ4v) is 9.01. The Morgan fingerprint density at radius 3 is 2.62 bits per heavy atom. The molecule has 200 valence electrons. The minimum Gasteiger partial charge on any atom is -0.511 e. The van der Waals surface area contributed by atoms with E-state index in [0.29, 0.717) is 11.8 Å². The fraction of sp³-hybridized carbons (Fsp3) is 0.640. The number of fused-ring (bicyclic) bond motifs is 5. The number of ketones is 1. The summed E-state index contributed by atoms with van der Waals surface area (Å²) < 4.78 is 60.1. The second kappa shape index (κ2) is 8.65. The standard InChI is InChI=1S/C25H27F3N2O5S2/c1-12-6-14-15-9-17(27)16-7-13(31)8-19(32)23(16,3)24(15,28)5-4-22(14,2)25(12,21(34)36-11-26)35-20(33)18-10-29-37-30-18/h7-8,10,12,14-15,17,32H,4-6,9,11H2,1-3H3/t12-,14+,15+,17+,22+,23-,24-,25+/m1/s1. The van der Waals surface area contributed by atoms with Gasteiger partial charge in [-0.25, -0.2) is 18.0 Å². The van der Waals surface area contributed by atoms with Crippen molar-refractivity contribution in [3.8, 4) is 0 Å². The number of allylic oxidation sites excluding steroid dienone is 3. The van der Waals surface area contributed by atoms with Gasteiger partial charge in [0, 0.05) is 23.3 Å². The number of ether oxygens (including phenoxy) is 1. The summed E-state index contributed by atoms with van der Waals surface area (Å²) in [7, 11) is 0. The maximum Gasteiger partial charge on any atom is 0.360 e. The lowest BCUT2D eigenvalue weighted by Crippen LogP contribution is -2.66. The van der Waals surface area contributed by atoms with Crippen LogP contribution in [0.1, 0.15) is 56.9 Å². The predicted octanol–water partition coefficient (Wildman–Crippen LogP) is 5.10. The van der Waals surface area contributed by atoms with E-state index in [-0.39, 0.29) is 37.0 Å². The zero-order valence-electron chi connectivity index (χ0n) is 20.5. The largest absolute Gasteiger partial charge is 0.511 e. The number of carbonyl (C=O) groups is 3. The zero-order valence-corrected chi connectivity index (χ0v) is 22.1. The van der Waals surface area contributed by atoms with Crippen LogP contribution in [-0.2, 0) is 14.3 Å². The third kappa shape index (κ3) is 3.30. The molecule has 0 amide bonds. The molecule has 1 N–H and O–H groups in total. The number of hydrogen-bond donors (Lipinski definition) is 1. The molecule has 5 rings (SSSR count). The molecule has 0 aliphatic heterocycles. The Hall–Kier alpha value is -2.21. The Morgan fingerprint density at radius 1 is 1.24 bits per heavy atom. The highest BCUT2D eigenvalue weighted by Crippen LogP contribution is 2.72. The van der Waals surface area contributed by atoms with Crippen LogP contribution in [0.25, 0.3) is 0 Å². The quantitative estimate of drug-likeness (QED) is 0.511. The first-order chi connectivity index (χ1) is 17.4. The lowest BCUT2D eigenvalue weighted by atomic mass is 9.45. The summed E-state index contributed by atoms with van der Waals surface area (Å²) in [5.41, 5.74) is -7.00. The Balaban J connectivity index is 1.61. The molecule has 37 heavy (non-hydrogen) atoms. The Bertz CT molecular complexity index is 1220. The second-order valence-electron chi connectivity index (χ2n) is 10.9. The summed E-state index contributed by atoms with van der Waals surface area (Å²) in [6.45, 7) is 4.85. The number of aliphatic hydroxyl groups is 1. The van der Waals surface area contributed by atoms with E-state index >= 15 is 8.78 Å². The average molecular weight is 557 g/mol. The maximum atomic E-state index is 17.3. The van der Waals surface area contributed by atoms with Gasteiger partial charge in [-0.05, 0) is 61.9 Å². The van der Waals surface area contributed by atoms with Crippen LogP contribution < -0.4 is 0 Å². The molecule has 1 aromatic rings. The molecular weight excluding hydrogens is 529 g/mol. The minimum atomic E-state index is -2.12. The number of carbonyl (C=O) groups excluding carboxylic acids is 3. The highest BCUT2D eigenvalue weighted by Gasteiger charge is 2.76. The second-order valence-corrected chi connectivity index (χ2v) is 12.4. The van der Waals surface area contributed by atoms with Gasteiger partial charge < -0.3 is 9.84 Å². The first kappa shape index (κ1) is 26.4. The smallest absolute Gasteiger partial charge is 0.360 e. The summed E-state index contributed by atoms with van der Waals surface area (Å²) >= 11 is 1.18. The molecule has 0 radical (unpaired) electrons. The van der Waals surface area contributed by atoms with Crippen molar-refractivity contribution in [2.75, 3.05) is 6.01 Å². The van der Waals surface area contributed by atoms with Crippen LogP contribution in [0.5, 0.6) is 0 Å². The van der Waals surface area contributed by atoms with Gasteiger partial charge in [0.15, 0.2) is 17.1 Å². The van der Waals surface area contributed by atoms with Crippen molar-refractivity contribution in [3.05, 3.63) is 35.4 Å². The number of nitrogens with zero attached hydrogens (tertiary/aromatic N) is 2. The first-order valence-electron chi connectivity index (χ1n) is 12.1. The van der Waals surface area contributed by atoms with E-state index in [1.807, 2.05) is 0 Å². The molecule has 7 nitrogen and oxygen atoms in total. The molecule has 0 aromatic carbocycles. The molecule has 0 spiro atoms. The highest BCUT2D eigenvalue weighted by atomic mass is 32.2. The van der Waals surface area contributed by atoms with E-state index in [1.165, 1.54) is 13.1 Å².